The number of likely N-dealkylation sites (tertiary alicyclic amines) is 1. The number of nitrogens with zero attached hydrogens (tertiary/aromatic N) is 1. The minimum Gasteiger partial charge on any atom is -0.445 e. The lowest BCUT2D eigenvalue weighted by atomic mass is 9.76. The molecule has 1 saturated heterocycles. The molecule has 1 heterocycles. The molecule has 4 nitrogen and oxygen atoms in total. The van der Waals surface area contributed by atoms with Crippen LogP contribution in [0.4, 0.5) is 4.79 Å². The van der Waals surface area contributed by atoms with Crippen molar-refractivity contribution in [2.45, 2.75) is 37.8 Å². The number of fused-ring (bicyclic) bond motifs is 3. The van der Waals surface area contributed by atoms with Crippen molar-refractivity contribution in [2.24, 2.45) is 5.92 Å². The van der Waals surface area contributed by atoms with E-state index in [1.54, 1.807) is 4.90 Å². The summed E-state index contributed by atoms with van der Waals surface area (Å²) in [4.78, 5) is 14.5. The summed E-state index contributed by atoms with van der Waals surface area (Å²) in [5.41, 5.74) is 3.54. The van der Waals surface area contributed by atoms with Gasteiger partial charge in [0.25, 0.3) is 0 Å². The van der Waals surface area contributed by atoms with Crippen molar-refractivity contribution in [2.75, 3.05) is 13.2 Å². The molecule has 0 aromatic heterocycles. The second kappa shape index (κ2) is 6.44. The Morgan fingerprint density at radius 3 is 2.58 bits per heavy atom. The van der Waals surface area contributed by atoms with Crippen LogP contribution in [0.3, 0.4) is 0 Å². The van der Waals surface area contributed by atoms with Gasteiger partial charge >= 0.3 is 6.09 Å². The first-order chi connectivity index (χ1) is 12.5. The Kier molecular flexibility index (Phi) is 4.23. The summed E-state index contributed by atoms with van der Waals surface area (Å²) in [6, 6.07) is 17.9. The Bertz CT molecular complexity index is 802. The van der Waals surface area contributed by atoms with Gasteiger partial charge in [0, 0.05) is 12.5 Å². The highest BCUT2D eigenvalue weighted by molar-refractivity contribution is 5.69. The number of amides is 1. The monoisotopic (exact) mass is 351 g/mol. The number of benzene rings is 2. The van der Waals surface area contributed by atoms with Crippen LogP contribution < -0.4 is 0 Å². The number of ether oxygens (including phenoxy) is 1. The quantitative estimate of drug-likeness (QED) is 0.917. The minimum atomic E-state index is -0.337. The highest BCUT2D eigenvalue weighted by Gasteiger charge is 2.56. The Morgan fingerprint density at radius 2 is 1.85 bits per heavy atom. The molecule has 2 aromatic rings. The van der Waals surface area contributed by atoms with Gasteiger partial charge in [-0.2, -0.15) is 0 Å². The van der Waals surface area contributed by atoms with Crippen LogP contribution in [0.25, 0.3) is 0 Å². The molecule has 0 spiro atoms. The van der Waals surface area contributed by atoms with E-state index in [-0.39, 0.29) is 36.7 Å². The molecule has 4 rings (SSSR count). The van der Waals surface area contributed by atoms with Crippen LogP contribution in [-0.4, -0.2) is 35.3 Å². The van der Waals surface area contributed by atoms with E-state index in [1.807, 2.05) is 36.4 Å². The molecule has 2 aliphatic rings. The first-order valence-electron chi connectivity index (χ1n) is 9.21. The summed E-state index contributed by atoms with van der Waals surface area (Å²) in [5, 5.41) is 10.1. The van der Waals surface area contributed by atoms with Crippen molar-refractivity contribution in [3.63, 3.8) is 0 Å². The maximum absolute atomic E-state index is 12.7. The van der Waals surface area contributed by atoms with Gasteiger partial charge in [0.2, 0.25) is 0 Å². The van der Waals surface area contributed by atoms with Crippen molar-refractivity contribution >= 4 is 6.09 Å². The van der Waals surface area contributed by atoms with Gasteiger partial charge < -0.3 is 14.7 Å². The van der Waals surface area contributed by atoms with Crippen molar-refractivity contribution in [1.82, 2.24) is 4.90 Å². The third-order valence-corrected chi connectivity index (χ3v) is 6.21. The maximum Gasteiger partial charge on any atom is 0.410 e. The van der Waals surface area contributed by atoms with E-state index in [4.69, 9.17) is 4.74 Å². The Hall–Kier alpha value is -2.33. The molecular weight excluding hydrogens is 326 g/mol. The van der Waals surface area contributed by atoms with Crippen molar-refractivity contribution in [1.29, 1.82) is 0 Å². The zero-order valence-corrected chi connectivity index (χ0v) is 15.3. The van der Waals surface area contributed by atoms with Crippen LogP contribution in [0.1, 0.15) is 36.5 Å². The van der Waals surface area contributed by atoms with Gasteiger partial charge in [-0.1, -0.05) is 68.4 Å². The first-order valence-corrected chi connectivity index (χ1v) is 9.21. The molecule has 0 bridgehead atoms. The van der Waals surface area contributed by atoms with Crippen molar-refractivity contribution in [3.05, 3.63) is 71.3 Å². The van der Waals surface area contributed by atoms with E-state index in [0.717, 1.165) is 5.56 Å². The zero-order valence-electron chi connectivity index (χ0n) is 15.3. The number of aliphatic hydroxyl groups excluding tert-OH is 1. The lowest BCUT2D eigenvalue weighted by Crippen LogP contribution is -2.40. The average Bonchev–Trinajstić information content (AvgIpc) is 3.16. The molecule has 1 aliphatic heterocycles. The standard InChI is InChI=1S/C22H25NO3/c1-22(2)17-11-7-6-10-16(17)20-18(22)12-23(19(20)13-24)21(25)26-14-15-8-4-3-5-9-15/h3-11,18-20,24H,12-14H2,1-2H3/t18?,19-,20?/m1/s1. The third kappa shape index (κ3) is 2.60. The molecule has 0 radical (unpaired) electrons. The summed E-state index contributed by atoms with van der Waals surface area (Å²) >= 11 is 0. The topological polar surface area (TPSA) is 49.8 Å². The van der Waals surface area contributed by atoms with Gasteiger partial charge in [0.15, 0.2) is 0 Å². The smallest absolute Gasteiger partial charge is 0.410 e. The van der Waals surface area contributed by atoms with E-state index in [0.29, 0.717) is 12.5 Å². The maximum atomic E-state index is 12.7. The van der Waals surface area contributed by atoms with Gasteiger partial charge in [-0.15, -0.1) is 0 Å². The molecule has 2 aromatic carbocycles. The number of carbonyl (C=O) groups is 1. The van der Waals surface area contributed by atoms with Crippen LogP contribution in [0.5, 0.6) is 0 Å². The Morgan fingerprint density at radius 1 is 1.15 bits per heavy atom. The molecule has 4 heteroatoms. The van der Waals surface area contributed by atoms with Crippen LogP contribution >= 0.6 is 0 Å². The second-order valence-corrected chi connectivity index (χ2v) is 7.88. The number of carbonyl (C=O) groups excluding carboxylic acids is 1. The lowest BCUT2D eigenvalue weighted by Gasteiger charge is -2.28. The van der Waals surface area contributed by atoms with Gasteiger partial charge in [-0.3, -0.25) is 0 Å². The summed E-state index contributed by atoms with van der Waals surface area (Å²) in [5.74, 6) is 0.455. The van der Waals surface area contributed by atoms with Crippen LogP contribution in [0, 0.1) is 5.92 Å². The van der Waals surface area contributed by atoms with Crippen LogP contribution in [0.15, 0.2) is 54.6 Å². The second-order valence-electron chi connectivity index (χ2n) is 7.88. The predicted molar refractivity (Wildman–Crippen MR) is 99.9 cm³/mol. The van der Waals surface area contributed by atoms with Crippen molar-refractivity contribution in [3.8, 4) is 0 Å². The SMILES string of the molecule is CC1(C)c2ccccc2C2C1CN(C(=O)OCc1ccccc1)[C@@H]2CO. The fourth-order valence-corrected chi connectivity index (χ4v) is 4.82. The molecule has 136 valence electrons. The van der Waals surface area contributed by atoms with Gasteiger partial charge in [-0.05, 0) is 28.0 Å². The summed E-state index contributed by atoms with van der Waals surface area (Å²) in [6.45, 7) is 5.30. The average molecular weight is 351 g/mol. The molecule has 1 amide bonds. The Labute approximate surface area is 154 Å². The molecule has 2 unspecified atom stereocenters. The van der Waals surface area contributed by atoms with Crippen LogP contribution in [-0.2, 0) is 16.8 Å². The first kappa shape index (κ1) is 17.1. The van der Waals surface area contributed by atoms with E-state index in [2.05, 4.69) is 32.0 Å². The number of hydrogen-bond donors (Lipinski definition) is 1. The van der Waals surface area contributed by atoms with Gasteiger partial charge in [-0.25, -0.2) is 4.79 Å². The van der Waals surface area contributed by atoms with E-state index >= 15 is 0 Å². The normalized spacial score (nSPS) is 25.7. The van der Waals surface area contributed by atoms with E-state index in [9.17, 15) is 9.90 Å². The zero-order chi connectivity index (χ0) is 18.3. The fourth-order valence-electron chi connectivity index (χ4n) is 4.82. The largest absolute Gasteiger partial charge is 0.445 e. The molecule has 1 N–H and O–H groups in total. The predicted octanol–water partition coefficient (Wildman–Crippen LogP) is 3.69. The molecule has 3 atom stereocenters. The van der Waals surface area contributed by atoms with Crippen LogP contribution in [0.2, 0.25) is 0 Å². The molecule has 1 aliphatic carbocycles. The molecule has 26 heavy (non-hydrogen) atoms. The Balaban J connectivity index is 1.56. The molecular formula is C22H25NO3. The highest BCUT2D eigenvalue weighted by Crippen LogP contribution is 2.56. The molecule has 0 saturated carbocycles. The third-order valence-electron chi connectivity index (χ3n) is 6.21. The number of hydrogen-bond acceptors (Lipinski definition) is 3. The van der Waals surface area contributed by atoms with E-state index < -0.39 is 0 Å². The number of rotatable bonds is 3. The lowest BCUT2D eigenvalue weighted by molar-refractivity contribution is 0.0763. The summed E-state index contributed by atoms with van der Waals surface area (Å²) < 4.78 is 5.54. The highest BCUT2D eigenvalue weighted by atomic mass is 16.6. The van der Waals surface area contributed by atoms with Gasteiger partial charge in [0.1, 0.15) is 6.61 Å². The van der Waals surface area contributed by atoms with E-state index in [1.165, 1.54) is 11.1 Å². The summed E-state index contributed by atoms with van der Waals surface area (Å²) in [6.07, 6.45) is -0.337. The fraction of sp³-hybridized carbons (Fsp3) is 0.409. The van der Waals surface area contributed by atoms with Gasteiger partial charge in [0.05, 0.1) is 12.6 Å². The number of aliphatic hydroxyl groups is 1. The van der Waals surface area contributed by atoms with Crippen molar-refractivity contribution < 1.29 is 14.6 Å². The minimum absolute atomic E-state index is 0.0247. The molecule has 1 fully saturated rings. The summed E-state index contributed by atoms with van der Waals surface area (Å²) in [7, 11) is 0.